The first kappa shape index (κ1) is 9.25. The van der Waals surface area contributed by atoms with Gasteiger partial charge in [-0.3, -0.25) is 0 Å². The molecule has 0 unspecified atom stereocenters. The molecule has 0 N–H and O–H groups in total. The van der Waals surface area contributed by atoms with Crippen molar-refractivity contribution >= 4 is 23.2 Å². The van der Waals surface area contributed by atoms with Gasteiger partial charge < -0.3 is 4.74 Å². The Labute approximate surface area is 81.2 Å². The summed E-state index contributed by atoms with van der Waals surface area (Å²) in [6.07, 6.45) is 5.00. The molecule has 1 nitrogen and oxygen atoms in total. The van der Waals surface area contributed by atoms with E-state index in [1.807, 2.05) is 0 Å². The maximum Gasteiger partial charge on any atom is 0.148 e. The van der Waals surface area contributed by atoms with Crippen molar-refractivity contribution in [2.45, 2.75) is 0 Å². The first-order valence-corrected chi connectivity index (χ1v) is 3.93. The summed E-state index contributed by atoms with van der Waals surface area (Å²) in [5.41, 5.74) is 0. The molecule has 0 atom stereocenters. The lowest BCUT2D eigenvalue weighted by Crippen LogP contribution is -1.93. The average Bonchev–Trinajstić information content (AvgIpc) is 2.07. The predicted molar refractivity (Wildman–Crippen MR) is 49.6 cm³/mol. The van der Waals surface area contributed by atoms with E-state index in [9.17, 15) is 0 Å². The molecule has 0 fully saturated rings. The van der Waals surface area contributed by atoms with Gasteiger partial charge in [-0.25, -0.2) is 0 Å². The molecule has 0 aromatic heterocycles. The first-order valence-electron chi connectivity index (χ1n) is 3.17. The fraction of sp³-hybridized carbons (Fsp3) is 0.111. The number of halogens is 2. The van der Waals surface area contributed by atoms with Gasteiger partial charge in [-0.1, -0.05) is 29.1 Å². The molecule has 1 rings (SSSR count). The molecule has 0 aliphatic heterocycles. The lowest BCUT2D eigenvalue weighted by atomic mass is 10.3. The van der Waals surface area contributed by atoms with Crippen molar-refractivity contribution in [1.82, 2.24) is 0 Å². The maximum absolute atomic E-state index is 5.75. The second-order valence-electron chi connectivity index (χ2n) is 1.98. The minimum atomic E-state index is 0.163. The van der Waals surface area contributed by atoms with Crippen LogP contribution in [0, 0.1) is 18.4 Å². The molecular weight excluding hydrogens is 195 g/mol. The van der Waals surface area contributed by atoms with Crippen molar-refractivity contribution in [3.63, 3.8) is 0 Å². The van der Waals surface area contributed by atoms with E-state index in [2.05, 4.69) is 12.0 Å². The molecule has 12 heavy (non-hydrogen) atoms. The number of terminal acetylenes is 1. The van der Waals surface area contributed by atoms with Gasteiger partial charge in [-0.05, 0) is 12.1 Å². The SMILES string of the molecule is C#CCOc1[c]c(Cl)ccc1Cl. The van der Waals surface area contributed by atoms with E-state index in [-0.39, 0.29) is 6.61 Å². The second-order valence-corrected chi connectivity index (χ2v) is 2.79. The van der Waals surface area contributed by atoms with Gasteiger partial charge in [0, 0.05) is 6.07 Å². The Kier molecular flexibility index (Phi) is 3.28. The number of benzene rings is 1. The molecule has 0 saturated heterocycles. The van der Waals surface area contributed by atoms with Crippen molar-refractivity contribution in [1.29, 1.82) is 0 Å². The summed E-state index contributed by atoms with van der Waals surface area (Å²) in [7, 11) is 0. The molecular formula is C9H5Cl2O. The topological polar surface area (TPSA) is 9.23 Å². The Bertz CT molecular complexity index is 315. The summed E-state index contributed by atoms with van der Waals surface area (Å²) >= 11 is 11.4. The smallest absolute Gasteiger partial charge is 0.148 e. The van der Waals surface area contributed by atoms with Crippen LogP contribution in [0.25, 0.3) is 0 Å². The van der Waals surface area contributed by atoms with Crippen LogP contribution in [0.15, 0.2) is 12.1 Å². The predicted octanol–water partition coefficient (Wildman–Crippen LogP) is 2.81. The normalized spacial score (nSPS) is 9.08. The number of ether oxygens (including phenoxy) is 1. The Morgan fingerprint density at radius 2 is 2.25 bits per heavy atom. The van der Waals surface area contributed by atoms with Gasteiger partial charge in [0.05, 0.1) is 10.0 Å². The molecule has 1 aromatic carbocycles. The van der Waals surface area contributed by atoms with Gasteiger partial charge in [0.1, 0.15) is 12.4 Å². The van der Waals surface area contributed by atoms with E-state index in [1.165, 1.54) is 0 Å². The van der Waals surface area contributed by atoms with Crippen molar-refractivity contribution < 1.29 is 4.74 Å². The quantitative estimate of drug-likeness (QED) is 0.667. The van der Waals surface area contributed by atoms with Gasteiger partial charge in [-0.2, -0.15) is 0 Å². The van der Waals surface area contributed by atoms with Crippen molar-refractivity contribution in [3.05, 3.63) is 28.2 Å². The van der Waals surface area contributed by atoms with Crippen LogP contribution in [0.1, 0.15) is 0 Å². The lowest BCUT2D eigenvalue weighted by molar-refractivity contribution is 0.370. The molecule has 0 aliphatic carbocycles. The highest BCUT2D eigenvalue weighted by Gasteiger charge is 2.01. The second kappa shape index (κ2) is 4.25. The third kappa shape index (κ3) is 2.34. The van der Waals surface area contributed by atoms with Gasteiger partial charge in [0.2, 0.25) is 0 Å². The molecule has 3 heteroatoms. The molecule has 1 radical (unpaired) electrons. The van der Waals surface area contributed by atoms with Crippen molar-refractivity contribution in [2.24, 2.45) is 0 Å². The summed E-state index contributed by atoms with van der Waals surface area (Å²) < 4.78 is 5.06. The summed E-state index contributed by atoms with van der Waals surface area (Å²) in [4.78, 5) is 0. The van der Waals surface area contributed by atoms with Crippen LogP contribution in [0.2, 0.25) is 10.0 Å². The van der Waals surface area contributed by atoms with Crippen LogP contribution in [-0.4, -0.2) is 6.61 Å². The van der Waals surface area contributed by atoms with E-state index >= 15 is 0 Å². The Hall–Kier alpha value is -0.840. The summed E-state index contributed by atoms with van der Waals surface area (Å²) in [5, 5.41) is 0.904. The minimum absolute atomic E-state index is 0.163. The fourth-order valence-corrected chi connectivity index (χ4v) is 0.964. The fourth-order valence-electron chi connectivity index (χ4n) is 0.651. The van der Waals surface area contributed by atoms with Gasteiger partial charge in [-0.15, -0.1) is 6.42 Å². The van der Waals surface area contributed by atoms with Crippen LogP contribution >= 0.6 is 23.2 Å². The number of hydrogen-bond acceptors (Lipinski definition) is 1. The van der Waals surface area contributed by atoms with E-state index in [0.717, 1.165) is 0 Å². The molecule has 1 aromatic rings. The third-order valence-corrected chi connectivity index (χ3v) is 1.64. The Balaban J connectivity index is 2.84. The lowest BCUT2D eigenvalue weighted by Gasteiger charge is -2.03. The number of rotatable bonds is 2. The molecule has 0 bridgehead atoms. The molecule has 0 heterocycles. The minimum Gasteiger partial charge on any atom is -0.479 e. The Morgan fingerprint density at radius 1 is 1.50 bits per heavy atom. The van der Waals surface area contributed by atoms with E-state index in [4.69, 9.17) is 34.4 Å². The van der Waals surface area contributed by atoms with Crippen LogP contribution in [-0.2, 0) is 0 Å². The summed E-state index contributed by atoms with van der Waals surface area (Å²) in [5.74, 6) is 2.71. The van der Waals surface area contributed by atoms with Gasteiger partial charge in [0.15, 0.2) is 0 Å². The molecule has 61 valence electrons. The van der Waals surface area contributed by atoms with Crippen LogP contribution in [0.3, 0.4) is 0 Å². The summed E-state index contributed by atoms with van der Waals surface area (Å²) in [6, 6.07) is 5.99. The van der Waals surface area contributed by atoms with E-state index < -0.39 is 0 Å². The summed E-state index contributed by atoms with van der Waals surface area (Å²) in [6.45, 7) is 0.163. The molecule has 0 amide bonds. The van der Waals surface area contributed by atoms with Crippen LogP contribution in [0.5, 0.6) is 5.75 Å². The van der Waals surface area contributed by atoms with Crippen LogP contribution < -0.4 is 4.74 Å². The highest BCUT2D eigenvalue weighted by atomic mass is 35.5. The van der Waals surface area contributed by atoms with Crippen LogP contribution in [0.4, 0.5) is 0 Å². The first-order chi connectivity index (χ1) is 5.74. The third-order valence-electron chi connectivity index (χ3n) is 1.13. The van der Waals surface area contributed by atoms with Crippen molar-refractivity contribution in [2.75, 3.05) is 6.61 Å². The zero-order chi connectivity index (χ0) is 8.97. The van der Waals surface area contributed by atoms with Gasteiger partial charge in [0.25, 0.3) is 0 Å². The van der Waals surface area contributed by atoms with Gasteiger partial charge >= 0.3 is 0 Å². The highest BCUT2D eigenvalue weighted by molar-refractivity contribution is 6.34. The maximum atomic E-state index is 5.75. The van der Waals surface area contributed by atoms with Crippen molar-refractivity contribution in [3.8, 4) is 18.1 Å². The monoisotopic (exact) mass is 199 g/mol. The number of hydrogen-bond donors (Lipinski definition) is 0. The zero-order valence-corrected chi connectivity index (χ0v) is 7.62. The molecule has 0 saturated carbocycles. The van der Waals surface area contributed by atoms with E-state index in [1.54, 1.807) is 12.1 Å². The van der Waals surface area contributed by atoms with E-state index in [0.29, 0.717) is 15.8 Å². The largest absolute Gasteiger partial charge is 0.479 e. The highest BCUT2D eigenvalue weighted by Crippen LogP contribution is 2.26. The Morgan fingerprint density at radius 3 is 2.92 bits per heavy atom. The standard InChI is InChI=1S/C9H5Cl2O/c1-2-5-12-9-6-7(10)3-4-8(9)11/h1,3-4H,5H2. The average molecular weight is 200 g/mol. The molecule has 0 spiro atoms. The molecule has 0 aliphatic rings. The zero-order valence-electron chi connectivity index (χ0n) is 6.10.